The zero-order valence-electron chi connectivity index (χ0n) is 7.22. The van der Waals surface area contributed by atoms with Crippen molar-refractivity contribution in [2.75, 3.05) is 0 Å². The Morgan fingerprint density at radius 3 is 2.43 bits per heavy atom. The third-order valence-electron chi connectivity index (χ3n) is 1.65. The van der Waals surface area contributed by atoms with Gasteiger partial charge in [0.2, 0.25) is 5.75 Å². The highest BCUT2D eigenvalue weighted by atomic mass is 16.6. The molecule has 74 valence electrons. The highest BCUT2D eigenvalue weighted by molar-refractivity contribution is 5.98. The molecule has 0 spiro atoms. The Morgan fingerprint density at radius 2 is 2.00 bits per heavy atom. The molecule has 14 heavy (non-hydrogen) atoms. The number of phenols is 2. The van der Waals surface area contributed by atoms with Crippen molar-refractivity contribution in [3.63, 3.8) is 0 Å². The minimum absolute atomic E-state index is 0.267. The Labute approximate surface area is 78.6 Å². The summed E-state index contributed by atoms with van der Waals surface area (Å²) in [7, 11) is 0. The lowest BCUT2D eigenvalue weighted by molar-refractivity contribution is -0.386. The van der Waals surface area contributed by atoms with Gasteiger partial charge >= 0.3 is 5.69 Å². The third-order valence-corrected chi connectivity index (χ3v) is 1.65. The van der Waals surface area contributed by atoms with E-state index in [-0.39, 0.29) is 5.56 Å². The second kappa shape index (κ2) is 3.33. The fraction of sp³-hybridized carbons (Fsp3) is 0.125. The smallest absolute Gasteiger partial charge is 0.315 e. The van der Waals surface area contributed by atoms with Gasteiger partial charge in [-0.2, -0.15) is 0 Å². The molecule has 1 aromatic rings. The summed E-state index contributed by atoms with van der Waals surface area (Å²) in [5.41, 5.74) is -0.952. The number of Topliss-reactive ketones (excluding diaryl/α,β-unsaturated/α-hetero) is 1. The summed E-state index contributed by atoms with van der Waals surface area (Å²) < 4.78 is 0. The minimum Gasteiger partial charge on any atom is -0.508 e. The van der Waals surface area contributed by atoms with E-state index in [0.717, 1.165) is 19.1 Å². The molecule has 0 unspecified atom stereocenters. The molecule has 0 saturated carbocycles. The Hall–Kier alpha value is -2.11. The average molecular weight is 197 g/mol. The molecule has 0 aliphatic heterocycles. The van der Waals surface area contributed by atoms with Crippen LogP contribution in [0.5, 0.6) is 11.5 Å². The van der Waals surface area contributed by atoms with Crippen LogP contribution in [0, 0.1) is 10.1 Å². The fourth-order valence-corrected chi connectivity index (χ4v) is 1.01. The number of hydrogen-bond acceptors (Lipinski definition) is 5. The number of nitro groups is 1. The number of carbonyl (C=O) groups is 1. The summed E-state index contributed by atoms with van der Waals surface area (Å²) in [4.78, 5) is 20.4. The van der Waals surface area contributed by atoms with Gasteiger partial charge in [0.1, 0.15) is 5.75 Å². The number of nitro benzene ring substituents is 1. The first-order valence-corrected chi connectivity index (χ1v) is 3.64. The first-order chi connectivity index (χ1) is 6.43. The van der Waals surface area contributed by atoms with Gasteiger partial charge in [0.25, 0.3) is 0 Å². The van der Waals surface area contributed by atoms with Gasteiger partial charge in [0, 0.05) is 0 Å². The molecule has 2 N–H and O–H groups in total. The highest BCUT2D eigenvalue weighted by Crippen LogP contribution is 2.33. The van der Waals surface area contributed by atoms with Crippen molar-refractivity contribution in [1.82, 2.24) is 0 Å². The van der Waals surface area contributed by atoms with Gasteiger partial charge in [-0.15, -0.1) is 0 Å². The number of aromatic hydroxyl groups is 2. The predicted octanol–water partition coefficient (Wildman–Crippen LogP) is 1.21. The predicted molar refractivity (Wildman–Crippen MR) is 46.4 cm³/mol. The number of carbonyl (C=O) groups excluding carboxylic acids is 1. The molecule has 1 aromatic carbocycles. The van der Waals surface area contributed by atoms with E-state index in [1.54, 1.807) is 0 Å². The van der Waals surface area contributed by atoms with E-state index in [0.29, 0.717) is 0 Å². The summed E-state index contributed by atoms with van der Waals surface area (Å²) >= 11 is 0. The SMILES string of the molecule is CC(=O)c1cc(O)cc([N+](=O)[O-])c1O. The molecule has 6 nitrogen and oxygen atoms in total. The van der Waals surface area contributed by atoms with Gasteiger partial charge in [-0.25, -0.2) is 0 Å². The monoisotopic (exact) mass is 197 g/mol. The van der Waals surface area contributed by atoms with E-state index < -0.39 is 27.9 Å². The van der Waals surface area contributed by atoms with Crippen molar-refractivity contribution in [3.05, 3.63) is 27.8 Å². The van der Waals surface area contributed by atoms with Crippen molar-refractivity contribution >= 4 is 11.5 Å². The molecule has 0 saturated heterocycles. The molecule has 0 aliphatic carbocycles. The van der Waals surface area contributed by atoms with Crippen LogP contribution in [0.2, 0.25) is 0 Å². The highest BCUT2D eigenvalue weighted by Gasteiger charge is 2.20. The zero-order valence-corrected chi connectivity index (χ0v) is 7.22. The maximum absolute atomic E-state index is 10.9. The summed E-state index contributed by atoms with van der Waals surface area (Å²) in [6.45, 7) is 1.14. The number of phenolic OH excluding ortho intramolecular Hbond substituents is 2. The molecule has 0 bridgehead atoms. The lowest BCUT2D eigenvalue weighted by Crippen LogP contribution is -1.96. The minimum atomic E-state index is -0.874. The quantitative estimate of drug-likeness (QED) is 0.321. The lowest BCUT2D eigenvalue weighted by Gasteiger charge is -2.02. The summed E-state index contributed by atoms with van der Waals surface area (Å²) in [6.07, 6.45) is 0. The number of ketones is 1. The van der Waals surface area contributed by atoms with Gasteiger partial charge in [0.05, 0.1) is 16.6 Å². The van der Waals surface area contributed by atoms with Crippen LogP contribution in [-0.2, 0) is 0 Å². The number of rotatable bonds is 2. The number of hydrogen-bond donors (Lipinski definition) is 2. The van der Waals surface area contributed by atoms with Crippen molar-refractivity contribution < 1.29 is 19.9 Å². The normalized spacial score (nSPS) is 9.79. The Kier molecular flexibility index (Phi) is 2.37. The maximum atomic E-state index is 10.9. The van der Waals surface area contributed by atoms with E-state index in [1.807, 2.05) is 0 Å². The summed E-state index contributed by atoms with van der Waals surface area (Å²) in [6, 6.07) is 1.76. The van der Waals surface area contributed by atoms with E-state index in [9.17, 15) is 20.0 Å². The zero-order chi connectivity index (χ0) is 10.9. The molecule has 6 heteroatoms. The topological polar surface area (TPSA) is 101 Å². The van der Waals surface area contributed by atoms with Crippen LogP contribution < -0.4 is 0 Å². The summed E-state index contributed by atoms with van der Waals surface area (Å²) in [5, 5.41) is 28.7. The first kappa shape index (κ1) is 9.97. The Balaban J connectivity index is 3.47. The second-order valence-corrected chi connectivity index (χ2v) is 2.67. The molecule has 0 radical (unpaired) electrons. The van der Waals surface area contributed by atoms with Crippen molar-refractivity contribution in [2.45, 2.75) is 6.92 Å². The van der Waals surface area contributed by atoms with Gasteiger partial charge in [-0.1, -0.05) is 0 Å². The molecule has 0 aromatic heterocycles. The first-order valence-electron chi connectivity index (χ1n) is 3.64. The van der Waals surface area contributed by atoms with Crippen LogP contribution in [0.3, 0.4) is 0 Å². The van der Waals surface area contributed by atoms with Gasteiger partial charge in [-0.3, -0.25) is 14.9 Å². The molecule has 0 fully saturated rings. The standard InChI is InChI=1S/C8H7NO5/c1-4(10)6-2-5(11)3-7(8(6)12)9(13)14/h2-3,11-12H,1H3. The van der Waals surface area contributed by atoms with Crippen LogP contribution in [-0.4, -0.2) is 20.9 Å². The fourth-order valence-electron chi connectivity index (χ4n) is 1.01. The van der Waals surface area contributed by atoms with Crippen LogP contribution in [0.15, 0.2) is 12.1 Å². The van der Waals surface area contributed by atoms with E-state index >= 15 is 0 Å². The largest absolute Gasteiger partial charge is 0.508 e. The molecule has 0 aliphatic rings. The van der Waals surface area contributed by atoms with E-state index in [2.05, 4.69) is 0 Å². The van der Waals surface area contributed by atoms with Crippen molar-refractivity contribution in [3.8, 4) is 11.5 Å². The second-order valence-electron chi connectivity index (χ2n) is 2.67. The van der Waals surface area contributed by atoms with Gasteiger partial charge in [-0.05, 0) is 13.0 Å². The lowest BCUT2D eigenvalue weighted by atomic mass is 10.1. The van der Waals surface area contributed by atoms with Crippen molar-refractivity contribution in [1.29, 1.82) is 0 Å². The third kappa shape index (κ3) is 1.63. The van der Waals surface area contributed by atoms with Gasteiger partial charge in [0.15, 0.2) is 5.78 Å². The molecular formula is C8H7NO5. The maximum Gasteiger partial charge on any atom is 0.315 e. The van der Waals surface area contributed by atoms with Crippen molar-refractivity contribution in [2.24, 2.45) is 0 Å². The van der Waals surface area contributed by atoms with E-state index in [1.165, 1.54) is 0 Å². The Bertz CT molecular complexity index is 377. The molecular weight excluding hydrogens is 190 g/mol. The van der Waals surface area contributed by atoms with Crippen LogP contribution in [0.25, 0.3) is 0 Å². The molecule has 1 rings (SSSR count). The van der Waals surface area contributed by atoms with Crippen LogP contribution in [0.1, 0.15) is 17.3 Å². The Morgan fingerprint density at radius 1 is 1.43 bits per heavy atom. The van der Waals surface area contributed by atoms with Crippen LogP contribution in [0.4, 0.5) is 5.69 Å². The molecule has 0 heterocycles. The van der Waals surface area contributed by atoms with Gasteiger partial charge < -0.3 is 10.2 Å². The molecule has 0 amide bonds. The number of nitrogens with zero attached hydrogens (tertiary/aromatic N) is 1. The average Bonchev–Trinajstić information content (AvgIpc) is 2.07. The van der Waals surface area contributed by atoms with Crippen LogP contribution >= 0.6 is 0 Å². The van der Waals surface area contributed by atoms with E-state index in [4.69, 9.17) is 5.11 Å². The molecule has 0 atom stereocenters. The summed E-state index contributed by atoms with van der Waals surface area (Å²) in [5.74, 6) is -1.71. The number of benzene rings is 1.